The Balaban J connectivity index is 1.52. The van der Waals surface area contributed by atoms with Gasteiger partial charge in [-0.2, -0.15) is 4.98 Å². The molecule has 0 saturated heterocycles. The van der Waals surface area contributed by atoms with Crippen LogP contribution in [0, 0.1) is 12.7 Å². The molecule has 3 N–H and O–H groups in total. The number of nitrogens with one attached hydrogen (secondary N) is 1. The molecule has 140 valence electrons. The van der Waals surface area contributed by atoms with Gasteiger partial charge in [-0.3, -0.25) is 4.79 Å². The Kier molecular flexibility index (Phi) is 4.49. The zero-order valence-electron chi connectivity index (χ0n) is 15.2. The summed E-state index contributed by atoms with van der Waals surface area (Å²) in [7, 11) is 0. The molecule has 0 aliphatic rings. The molecular formula is C21H18FN5O. The Labute approximate surface area is 160 Å². The number of nitrogens with two attached hydrogens (primary N) is 1. The van der Waals surface area contributed by atoms with E-state index in [-0.39, 0.29) is 17.7 Å². The highest BCUT2D eigenvalue weighted by atomic mass is 19.1. The van der Waals surface area contributed by atoms with Gasteiger partial charge in [0, 0.05) is 23.9 Å². The van der Waals surface area contributed by atoms with Gasteiger partial charge in [-0.25, -0.2) is 8.91 Å². The number of nitrogen functional groups attached to an aromatic ring is 1. The molecule has 1 amide bonds. The molecule has 28 heavy (non-hydrogen) atoms. The van der Waals surface area contributed by atoms with Crippen molar-refractivity contribution in [1.82, 2.24) is 19.9 Å². The minimum atomic E-state index is -0.298. The first kappa shape index (κ1) is 17.7. The first-order valence-electron chi connectivity index (χ1n) is 8.75. The quantitative estimate of drug-likeness (QED) is 0.573. The average molecular weight is 375 g/mol. The molecule has 4 aromatic rings. The standard InChI is InChI=1S/C21H18FN5O/c1-13-10-15(16-5-9-19-25-21(23)26-27(19)12-16)4-8-18(13)20(28)24-11-14-2-6-17(22)7-3-14/h2-10,12H,11H2,1H3,(H2,23,26)(H,24,28). The number of hydrogen-bond donors (Lipinski definition) is 2. The fourth-order valence-electron chi connectivity index (χ4n) is 3.05. The summed E-state index contributed by atoms with van der Waals surface area (Å²) in [6, 6.07) is 15.5. The van der Waals surface area contributed by atoms with E-state index in [1.165, 1.54) is 12.1 Å². The van der Waals surface area contributed by atoms with Gasteiger partial charge in [0.1, 0.15) is 5.82 Å². The van der Waals surface area contributed by atoms with Crippen molar-refractivity contribution in [2.75, 3.05) is 5.73 Å². The third kappa shape index (κ3) is 3.55. The SMILES string of the molecule is Cc1cc(-c2ccc3nc(N)nn3c2)ccc1C(=O)NCc1ccc(F)cc1. The number of halogens is 1. The van der Waals surface area contributed by atoms with E-state index >= 15 is 0 Å². The first-order valence-corrected chi connectivity index (χ1v) is 8.75. The van der Waals surface area contributed by atoms with Gasteiger partial charge in [0.05, 0.1) is 0 Å². The summed E-state index contributed by atoms with van der Waals surface area (Å²) in [5, 5.41) is 6.99. The van der Waals surface area contributed by atoms with Crippen LogP contribution in [0.15, 0.2) is 60.8 Å². The van der Waals surface area contributed by atoms with Crippen molar-refractivity contribution in [1.29, 1.82) is 0 Å². The van der Waals surface area contributed by atoms with Crippen LogP contribution >= 0.6 is 0 Å². The lowest BCUT2D eigenvalue weighted by Gasteiger charge is -2.10. The van der Waals surface area contributed by atoms with Crippen LogP contribution in [0.25, 0.3) is 16.8 Å². The summed E-state index contributed by atoms with van der Waals surface area (Å²) in [5.41, 5.74) is 10.5. The largest absolute Gasteiger partial charge is 0.366 e. The number of carbonyl (C=O) groups excluding carboxylic acids is 1. The third-order valence-electron chi connectivity index (χ3n) is 4.52. The van der Waals surface area contributed by atoms with Crippen LogP contribution in [0.3, 0.4) is 0 Å². The number of amides is 1. The summed E-state index contributed by atoms with van der Waals surface area (Å²) < 4.78 is 14.6. The zero-order chi connectivity index (χ0) is 19.7. The first-order chi connectivity index (χ1) is 13.5. The van der Waals surface area contributed by atoms with E-state index in [0.717, 1.165) is 22.3 Å². The van der Waals surface area contributed by atoms with Gasteiger partial charge in [0.2, 0.25) is 5.95 Å². The third-order valence-corrected chi connectivity index (χ3v) is 4.52. The van der Waals surface area contributed by atoms with Crippen molar-refractivity contribution in [2.24, 2.45) is 0 Å². The number of hydrogen-bond acceptors (Lipinski definition) is 4. The Morgan fingerprint density at radius 3 is 2.61 bits per heavy atom. The molecule has 2 heterocycles. The van der Waals surface area contributed by atoms with E-state index in [2.05, 4.69) is 15.4 Å². The lowest BCUT2D eigenvalue weighted by molar-refractivity contribution is 0.0950. The minimum Gasteiger partial charge on any atom is -0.366 e. The molecule has 0 radical (unpaired) electrons. The fraction of sp³-hybridized carbons (Fsp3) is 0.0952. The molecule has 0 saturated carbocycles. The van der Waals surface area contributed by atoms with E-state index < -0.39 is 0 Å². The number of rotatable bonds is 4. The van der Waals surface area contributed by atoms with Gasteiger partial charge < -0.3 is 11.1 Å². The zero-order valence-corrected chi connectivity index (χ0v) is 15.2. The molecule has 0 atom stereocenters. The molecule has 6 nitrogen and oxygen atoms in total. The average Bonchev–Trinajstić information content (AvgIpc) is 3.06. The number of anilines is 1. The maximum absolute atomic E-state index is 13.0. The van der Waals surface area contributed by atoms with Crippen molar-refractivity contribution < 1.29 is 9.18 Å². The Hall–Kier alpha value is -3.74. The van der Waals surface area contributed by atoms with E-state index in [0.29, 0.717) is 17.8 Å². The van der Waals surface area contributed by atoms with E-state index in [1.54, 1.807) is 22.7 Å². The van der Waals surface area contributed by atoms with Crippen LogP contribution in [0.5, 0.6) is 0 Å². The number of nitrogens with zero attached hydrogens (tertiary/aromatic N) is 3. The summed E-state index contributed by atoms with van der Waals surface area (Å²) in [6.07, 6.45) is 1.85. The summed E-state index contributed by atoms with van der Waals surface area (Å²) >= 11 is 0. The number of carbonyl (C=O) groups is 1. The monoisotopic (exact) mass is 375 g/mol. The smallest absolute Gasteiger partial charge is 0.251 e. The highest BCUT2D eigenvalue weighted by molar-refractivity contribution is 5.96. The highest BCUT2D eigenvalue weighted by Crippen LogP contribution is 2.23. The van der Waals surface area contributed by atoms with Gasteiger partial charge >= 0.3 is 0 Å². The molecule has 0 unspecified atom stereocenters. The molecule has 2 aromatic carbocycles. The summed E-state index contributed by atoms with van der Waals surface area (Å²) in [5.74, 6) is -0.248. The predicted molar refractivity (Wildman–Crippen MR) is 105 cm³/mol. The molecule has 4 rings (SSSR count). The van der Waals surface area contributed by atoms with Crippen LogP contribution in [-0.4, -0.2) is 20.5 Å². The van der Waals surface area contributed by atoms with Gasteiger partial charge in [0.15, 0.2) is 5.65 Å². The number of fused-ring (bicyclic) bond motifs is 1. The van der Waals surface area contributed by atoms with E-state index in [9.17, 15) is 9.18 Å². The normalized spacial score (nSPS) is 10.9. The Morgan fingerprint density at radius 2 is 1.86 bits per heavy atom. The van der Waals surface area contributed by atoms with Crippen molar-refractivity contribution in [3.8, 4) is 11.1 Å². The van der Waals surface area contributed by atoms with Crippen LogP contribution < -0.4 is 11.1 Å². The van der Waals surface area contributed by atoms with E-state index in [4.69, 9.17) is 5.73 Å². The van der Waals surface area contributed by atoms with Crippen molar-refractivity contribution in [3.63, 3.8) is 0 Å². The van der Waals surface area contributed by atoms with Gasteiger partial charge in [-0.1, -0.05) is 24.3 Å². The fourth-order valence-corrected chi connectivity index (χ4v) is 3.05. The second-order valence-corrected chi connectivity index (χ2v) is 6.53. The molecular weight excluding hydrogens is 357 g/mol. The molecule has 7 heteroatoms. The van der Waals surface area contributed by atoms with E-state index in [1.807, 2.05) is 37.4 Å². The molecule has 0 bridgehead atoms. The lowest BCUT2D eigenvalue weighted by Crippen LogP contribution is -2.23. The molecule has 0 aliphatic heterocycles. The maximum Gasteiger partial charge on any atom is 0.251 e. The summed E-state index contributed by atoms with van der Waals surface area (Å²) in [6.45, 7) is 2.23. The van der Waals surface area contributed by atoms with Crippen LogP contribution in [-0.2, 0) is 6.54 Å². The summed E-state index contributed by atoms with van der Waals surface area (Å²) in [4.78, 5) is 16.6. The molecule has 0 fully saturated rings. The topological polar surface area (TPSA) is 85.3 Å². The van der Waals surface area contributed by atoms with Crippen molar-refractivity contribution >= 4 is 17.5 Å². The Bertz CT molecular complexity index is 1170. The van der Waals surface area contributed by atoms with Gasteiger partial charge in [-0.05, 0) is 53.9 Å². The van der Waals surface area contributed by atoms with Crippen LogP contribution in [0.4, 0.5) is 10.3 Å². The molecule has 2 aromatic heterocycles. The highest BCUT2D eigenvalue weighted by Gasteiger charge is 2.11. The second kappa shape index (κ2) is 7.11. The van der Waals surface area contributed by atoms with Gasteiger partial charge in [-0.15, -0.1) is 5.10 Å². The number of aryl methyl sites for hydroxylation is 1. The lowest BCUT2D eigenvalue weighted by atomic mass is 10.0. The maximum atomic E-state index is 13.0. The second-order valence-electron chi connectivity index (χ2n) is 6.53. The number of benzene rings is 2. The van der Waals surface area contributed by atoms with Gasteiger partial charge in [0.25, 0.3) is 5.91 Å². The number of pyridine rings is 1. The molecule has 0 spiro atoms. The van der Waals surface area contributed by atoms with Crippen LogP contribution in [0.2, 0.25) is 0 Å². The van der Waals surface area contributed by atoms with Crippen molar-refractivity contribution in [3.05, 3.63) is 83.3 Å². The minimum absolute atomic E-state index is 0.173. The van der Waals surface area contributed by atoms with Crippen molar-refractivity contribution in [2.45, 2.75) is 13.5 Å². The van der Waals surface area contributed by atoms with Crippen LogP contribution in [0.1, 0.15) is 21.5 Å². The molecule has 0 aliphatic carbocycles. The Morgan fingerprint density at radius 1 is 1.11 bits per heavy atom. The number of aromatic nitrogens is 3. The predicted octanol–water partition coefficient (Wildman–Crippen LogP) is 3.36.